The standard InChI is InChI=1S/C19H19ClN2O4S3/c1-12-5-3-4-6-14(12)18(23)15-11-21-19(27-15)22-13(2)9-10-26-29(24,25)17-8-7-16(20)28-17/h3-8,11,13H,9-10H2,1-2H3,(H,21,22). The topological polar surface area (TPSA) is 85.4 Å². The molecule has 0 radical (unpaired) electrons. The summed E-state index contributed by atoms with van der Waals surface area (Å²) in [6.07, 6.45) is 2.00. The van der Waals surface area contributed by atoms with Crippen molar-refractivity contribution in [1.82, 2.24) is 4.98 Å². The molecule has 1 atom stereocenters. The number of aromatic nitrogens is 1. The summed E-state index contributed by atoms with van der Waals surface area (Å²) in [4.78, 5) is 17.4. The molecule has 6 nitrogen and oxygen atoms in total. The minimum absolute atomic E-state index is 0.0202. The average Bonchev–Trinajstić information content (AvgIpc) is 3.31. The van der Waals surface area contributed by atoms with Gasteiger partial charge in [0.25, 0.3) is 0 Å². The van der Waals surface area contributed by atoms with Gasteiger partial charge in [0.05, 0.1) is 22.0 Å². The van der Waals surface area contributed by atoms with Crippen molar-refractivity contribution >= 4 is 55.3 Å². The van der Waals surface area contributed by atoms with Crippen LogP contribution in [-0.4, -0.2) is 31.8 Å². The maximum absolute atomic E-state index is 12.6. The molecule has 0 aliphatic carbocycles. The van der Waals surface area contributed by atoms with Crippen LogP contribution in [0.4, 0.5) is 5.13 Å². The van der Waals surface area contributed by atoms with Crippen molar-refractivity contribution in [2.45, 2.75) is 30.5 Å². The van der Waals surface area contributed by atoms with Gasteiger partial charge in [-0.05, 0) is 38.0 Å². The number of thiophene rings is 1. The lowest BCUT2D eigenvalue weighted by Crippen LogP contribution is -2.18. The fourth-order valence-electron chi connectivity index (χ4n) is 2.51. The van der Waals surface area contributed by atoms with Crippen LogP contribution in [0.2, 0.25) is 4.34 Å². The molecule has 29 heavy (non-hydrogen) atoms. The van der Waals surface area contributed by atoms with Crippen LogP contribution in [0.15, 0.2) is 46.8 Å². The zero-order valence-corrected chi connectivity index (χ0v) is 18.9. The number of carbonyl (C=O) groups is 1. The number of hydrogen-bond acceptors (Lipinski definition) is 8. The number of rotatable bonds is 9. The third-order valence-corrected chi connectivity index (χ3v) is 7.99. The van der Waals surface area contributed by atoms with Gasteiger partial charge >= 0.3 is 10.1 Å². The second-order valence-electron chi connectivity index (χ2n) is 6.34. The number of carbonyl (C=O) groups excluding carboxylic acids is 1. The molecular weight excluding hydrogens is 452 g/mol. The van der Waals surface area contributed by atoms with Crippen molar-refractivity contribution in [2.75, 3.05) is 11.9 Å². The third kappa shape index (κ3) is 5.64. The van der Waals surface area contributed by atoms with E-state index in [2.05, 4.69) is 10.3 Å². The lowest BCUT2D eigenvalue weighted by atomic mass is 10.0. The molecule has 0 saturated heterocycles. The van der Waals surface area contributed by atoms with Gasteiger partial charge in [-0.1, -0.05) is 47.2 Å². The molecule has 0 bridgehead atoms. The van der Waals surface area contributed by atoms with Crippen molar-refractivity contribution in [3.05, 3.63) is 62.9 Å². The highest BCUT2D eigenvalue weighted by Crippen LogP contribution is 2.27. The van der Waals surface area contributed by atoms with E-state index in [1.54, 1.807) is 12.3 Å². The monoisotopic (exact) mass is 470 g/mol. The van der Waals surface area contributed by atoms with Crippen molar-refractivity contribution in [3.8, 4) is 0 Å². The van der Waals surface area contributed by atoms with Crippen molar-refractivity contribution in [2.24, 2.45) is 0 Å². The highest BCUT2D eigenvalue weighted by atomic mass is 35.5. The van der Waals surface area contributed by atoms with Gasteiger partial charge in [0, 0.05) is 11.6 Å². The molecule has 1 unspecified atom stereocenters. The van der Waals surface area contributed by atoms with E-state index in [1.165, 1.54) is 23.5 Å². The summed E-state index contributed by atoms with van der Waals surface area (Å²) >= 11 is 8.00. The van der Waals surface area contributed by atoms with Crippen LogP contribution >= 0.6 is 34.3 Å². The number of anilines is 1. The zero-order valence-electron chi connectivity index (χ0n) is 15.7. The first-order chi connectivity index (χ1) is 13.8. The number of thiazole rings is 1. The zero-order chi connectivity index (χ0) is 21.0. The van der Waals surface area contributed by atoms with E-state index in [-0.39, 0.29) is 22.6 Å². The summed E-state index contributed by atoms with van der Waals surface area (Å²) in [7, 11) is -3.80. The minimum Gasteiger partial charge on any atom is -0.359 e. The van der Waals surface area contributed by atoms with E-state index in [4.69, 9.17) is 15.8 Å². The third-order valence-electron chi connectivity index (χ3n) is 4.07. The molecule has 154 valence electrons. The fraction of sp³-hybridized carbons (Fsp3) is 0.263. The predicted octanol–water partition coefficient (Wildman–Crippen LogP) is 4.99. The molecule has 3 rings (SSSR count). The lowest BCUT2D eigenvalue weighted by molar-refractivity contribution is 0.104. The highest BCUT2D eigenvalue weighted by molar-refractivity contribution is 7.89. The van der Waals surface area contributed by atoms with Crippen LogP contribution in [0, 0.1) is 6.92 Å². The first kappa shape index (κ1) is 21.9. The van der Waals surface area contributed by atoms with E-state index < -0.39 is 10.1 Å². The molecule has 0 fully saturated rings. The number of aryl methyl sites for hydroxylation is 1. The Morgan fingerprint density at radius 2 is 2.00 bits per heavy atom. The number of halogens is 1. The number of benzene rings is 1. The molecule has 2 aromatic heterocycles. The van der Waals surface area contributed by atoms with Gasteiger partial charge in [-0.3, -0.25) is 8.98 Å². The SMILES string of the molecule is Cc1ccccc1C(=O)c1cnc(NC(C)CCOS(=O)(=O)c2ccc(Cl)s2)s1. The second-order valence-corrected chi connectivity index (χ2v) is 10.9. The molecule has 0 amide bonds. The maximum Gasteiger partial charge on any atom is 0.306 e. The first-order valence-corrected chi connectivity index (χ1v) is 12.2. The second kappa shape index (κ2) is 9.36. The largest absolute Gasteiger partial charge is 0.359 e. The Morgan fingerprint density at radius 1 is 1.24 bits per heavy atom. The average molecular weight is 471 g/mol. The number of nitrogens with one attached hydrogen (secondary N) is 1. The fourth-order valence-corrected chi connectivity index (χ4v) is 5.80. The number of hydrogen-bond donors (Lipinski definition) is 1. The van der Waals surface area contributed by atoms with Crippen LogP contribution in [-0.2, 0) is 14.3 Å². The summed E-state index contributed by atoms with van der Waals surface area (Å²) in [5.41, 5.74) is 1.57. The van der Waals surface area contributed by atoms with Crippen LogP contribution in [0.5, 0.6) is 0 Å². The van der Waals surface area contributed by atoms with Crippen molar-refractivity contribution in [3.63, 3.8) is 0 Å². The summed E-state index contributed by atoms with van der Waals surface area (Å²) in [5.74, 6) is -0.0645. The van der Waals surface area contributed by atoms with Gasteiger partial charge in [-0.25, -0.2) is 4.98 Å². The molecular formula is C19H19ClN2O4S3. The van der Waals surface area contributed by atoms with Crippen LogP contribution in [0.1, 0.15) is 34.1 Å². The van der Waals surface area contributed by atoms with Crippen molar-refractivity contribution < 1.29 is 17.4 Å². The van der Waals surface area contributed by atoms with Gasteiger partial charge < -0.3 is 5.32 Å². The van der Waals surface area contributed by atoms with E-state index >= 15 is 0 Å². The van der Waals surface area contributed by atoms with Crippen LogP contribution in [0.3, 0.4) is 0 Å². The van der Waals surface area contributed by atoms with E-state index in [9.17, 15) is 13.2 Å². The van der Waals surface area contributed by atoms with E-state index in [0.717, 1.165) is 16.9 Å². The first-order valence-electron chi connectivity index (χ1n) is 8.74. The van der Waals surface area contributed by atoms with Crippen molar-refractivity contribution in [1.29, 1.82) is 0 Å². The molecule has 0 aliphatic heterocycles. The summed E-state index contributed by atoms with van der Waals surface area (Å²) in [6, 6.07) is 10.3. The predicted molar refractivity (Wildman–Crippen MR) is 117 cm³/mol. The molecule has 0 aliphatic rings. The molecule has 2 heterocycles. The van der Waals surface area contributed by atoms with Gasteiger partial charge in [0.1, 0.15) is 4.21 Å². The quantitative estimate of drug-likeness (QED) is 0.350. The lowest BCUT2D eigenvalue weighted by Gasteiger charge is -2.12. The Kier molecular flexibility index (Phi) is 7.07. The summed E-state index contributed by atoms with van der Waals surface area (Å²) in [5, 5.41) is 3.77. The maximum atomic E-state index is 12.6. The van der Waals surface area contributed by atoms with Gasteiger partial charge in [0.2, 0.25) is 5.78 Å². The van der Waals surface area contributed by atoms with Gasteiger partial charge in [-0.2, -0.15) is 8.42 Å². The van der Waals surface area contributed by atoms with E-state index in [1.807, 2.05) is 32.0 Å². The molecule has 0 spiro atoms. The van der Waals surface area contributed by atoms with Gasteiger partial charge in [-0.15, -0.1) is 11.3 Å². The molecule has 3 aromatic rings. The molecule has 1 aromatic carbocycles. The van der Waals surface area contributed by atoms with Crippen LogP contribution in [0.25, 0.3) is 0 Å². The Bertz CT molecular complexity index is 1110. The number of nitrogens with zero attached hydrogens (tertiary/aromatic N) is 1. The highest BCUT2D eigenvalue weighted by Gasteiger charge is 2.19. The van der Waals surface area contributed by atoms with Gasteiger partial charge in [0.15, 0.2) is 5.13 Å². The summed E-state index contributed by atoms with van der Waals surface area (Å²) < 4.78 is 29.7. The van der Waals surface area contributed by atoms with Crippen LogP contribution < -0.4 is 5.32 Å². The number of ketones is 1. The molecule has 1 N–H and O–H groups in total. The Labute approximate surface area is 182 Å². The normalized spacial score (nSPS) is 12.7. The summed E-state index contributed by atoms with van der Waals surface area (Å²) in [6.45, 7) is 3.81. The molecule has 0 saturated carbocycles. The van der Waals surface area contributed by atoms with E-state index in [0.29, 0.717) is 26.3 Å². The Morgan fingerprint density at radius 3 is 2.69 bits per heavy atom. The minimum atomic E-state index is -3.80. The Hall–Kier alpha value is -1.78. The smallest absolute Gasteiger partial charge is 0.306 e. The Balaban J connectivity index is 1.53. The molecule has 10 heteroatoms.